The maximum atomic E-state index is 11.6. The van der Waals surface area contributed by atoms with E-state index in [9.17, 15) is 14.9 Å². The molecular weight excluding hydrogens is 302 g/mol. The molecule has 0 N–H and O–H groups in total. The minimum Gasteiger partial charge on any atom is -0.292 e. The number of nitro groups is 1. The third-order valence-electron chi connectivity index (χ3n) is 2.88. The zero-order chi connectivity index (χ0) is 13.9. The van der Waals surface area contributed by atoms with Gasteiger partial charge in [-0.2, -0.15) is 4.98 Å². The summed E-state index contributed by atoms with van der Waals surface area (Å²) < 4.78 is 1.30. The van der Waals surface area contributed by atoms with E-state index in [0.29, 0.717) is 11.9 Å². The highest BCUT2D eigenvalue weighted by Crippen LogP contribution is 2.28. The van der Waals surface area contributed by atoms with E-state index >= 15 is 0 Å². The molecule has 1 aromatic heterocycles. The number of halogens is 1. The van der Waals surface area contributed by atoms with E-state index in [1.807, 2.05) is 0 Å². The average Bonchev–Trinajstić information content (AvgIpc) is 2.25. The standard InChI is InChI=1S/C11H16BrN3O3/c1-11(2,3)8(4-12)6-14-7-9(15(17)18)5-13-10(14)16/h5,7-8H,4,6H2,1-3H3. The predicted octanol–water partition coefficient (Wildman–Crippen LogP) is 2.21. The van der Waals surface area contributed by atoms with Gasteiger partial charge in [-0.15, -0.1) is 0 Å². The van der Waals surface area contributed by atoms with Gasteiger partial charge in [-0.25, -0.2) is 4.79 Å². The Balaban J connectivity index is 3.06. The normalized spacial score (nSPS) is 13.3. The Labute approximate surface area is 113 Å². The molecule has 0 radical (unpaired) electrons. The van der Waals surface area contributed by atoms with Crippen LogP contribution in [0.25, 0.3) is 0 Å². The molecule has 0 saturated heterocycles. The minimum absolute atomic E-state index is 0.00639. The SMILES string of the molecule is CC(C)(C)C(CBr)Cn1cc([N+](=O)[O-])cnc1=O. The first kappa shape index (κ1) is 14.8. The second kappa shape index (κ2) is 5.60. The molecule has 6 nitrogen and oxygen atoms in total. The maximum absolute atomic E-state index is 11.6. The van der Waals surface area contributed by atoms with Crippen molar-refractivity contribution in [3.8, 4) is 0 Å². The van der Waals surface area contributed by atoms with E-state index in [2.05, 4.69) is 41.7 Å². The van der Waals surface area contributed by atoms with Crippen LogP contribution in [0.5, 0.6) is 0 Å². The Morgan fingerprint density at radius 2 is 2.17 bits per heavy atom. The van der Waals surface area contributed by atoms with Gasteiger partial charge in [0, 0.05) is 11.9 Å². The summed E-state index contributed by atoms with van der Waals surface area (Å²) in [7, 11) is 0. The Bertz CT molecular complexity index is 493. The first-order valence-electron chi connectivity index (χ1n) is 5.52. The topological polar surface area (TPSA) is 78.0 Å². The van der Waals surface area contributed by atoms with E-state index in [0.717, 1.165) is 6.20 Å². The van der Waals surface area contributed by atoms with Crippen molar-refractivity contribution in [2.24, 2.45) is 11.3 Å². The molecule has 1 heterocycles. The van der Waals surface area contributed by atoms with Crippen LogP contribution in [0.1, 0.15) is 20.8 Å². The summed E-state index contributed by atoms with van der Waals surface area (Å²) in [6, 6.07) is 0. The van der Waals surface area contributed by atoms with Crippen molar-refractivity contribution in [3.05, 3.63) is 33.0 Å². The van der Waals surface area contributed by atoms with Gasteiger partial charge in [-0.1, -0.05) is 36.7 Å². The van der Waals surface area contributed by atoms with Crippen LogP contribution in [0.15, 0.2) is 17.2 Å². The highest BCUT2D eigenvalue weighted by molar-refractivity contribution is 9.09. The number of aromatic nitrogens is 2. The van der Waals surface area contributed by atoms with Gasteiger partial charge in [0.05, 0.1) is 11.1 Å². The van der Waals surface area contributed by atoms with Crippen LogP contribution in [-0.2, 0) is 6.54 Å². The van der Waals surface area contributed by atoms with Gasteiger partial charge in [0.25, 0.3) is 0 Å². The smallest absolute Gasteiger partial charge is 0.292 e. The lowest BCUT2D eigenvalue weighted by Gasteiger charge is -2.29. The van der Waals surface area contributed by atoms with Gasteiger partial charge >= 0.3 is 11.4 Å². The van der Waals surface area contributed by atoms with Crippen LogP contribution < -0.4 is 5.69 Å². The fourth-order valence-electron chi connectivity index (χ4n) is 1.46. The summed E-state index contributed by atoms with van der Waals surface area (Å²) in [6.07, 6.45) is 2.23. The molecule has 1 rings (SSSR count). The van der Waals surface area contributed by atoms with Gasteiger partial charge in [0.2, 0.25) is 0 Å². The molecule has 1 atom stereocenters. The fourth-order valence-corrected chi connectivity index (χ4v) is 2.64. The summed E-state index contributed by atoms with van der Waals surface area (Å²) in [6.45, 7) is 6.60. The largest absolute Gasteiger partial charge is 0.347 e. The lowest BCUT2D eigenvalue weighted by Crippen LogP contribution is -2.32. The van der Waals surface area contributed by atoms with Crippen molar-refractivity contribution in [3.63, 3.8) is 0 Å². The third kappa shape index (κ3) is 3.63. The van der Waals surface area contributed by atoms with Crippen molar-refractivity contribution in [2.45, 2.75) is 27.3 Å². The fraction of sp³-hybridized carbons (Fsp3) is 0.636. The van der Waals surface area contributed by atoms with E-state index in [1.165, 1.54) is 10.8 Å². The van der Waals surface area contributed by atoms with Crippen LogP contribution in [-0.4, -0.2) is 19.8 Å². The molecule has 1 aromatic rings. The zero-order valence-corrected chi connectivity index (χ0v) is 12.2. The highest BCUT2D eigenvalue weighted by atomic mass is 79.9. The molecule has 0 aromatic carbocycles. The first-order chi connectivity index (χ1) is 8.25. The number of rotatable bonds is 4. The van der Waals surface area contributed by atoms with Crippen LogP contribution in [0, 0.1) is 21.4 Å². The third-order valence-corrected chi connectivity index (χ3v) is 3.66. The van der Waals surface area contributed by atoms with Gasteiger partial charge in [-0.05, 0) is 11.3 Å². The molecule has 1 unspecified atom stereocenters. The Morgan fingerprint density at radius 3 is 2.61 bits per heavy atom. The molecule has 0 aliphatic rings. The molecular formula is C11H16BrN3O3. The monoisotopic (exact) mass is 317 g/mol. The van der Waals surface area contributed by atoms with Crippen molar-refractivity contribution in [1.29, 1.82) is 0 Å². The van der Waals surface area contributed by atoms with Crippen LogP contribution in [0.3, 0.4) is 0 Å². The van der Waals surface area contributed by atoms with Crippen molar-refractivity contribution < 1.29 is 4.92 Å². The summed E-state index contributed by atoms with van der Waals surface area (Å²) in [5, 5.41) is 11.4. The number of hydrogen-bond acceptors (Lipinski definition) is 4. The molecule has 100 valence electrons. The van der Waals surface area contributed by atoms with Gasteiger partial charge in [0.1, 0.15) is 6.20 Å². The summed E-state index contributed by atoms with van der Waals surface area (Å²) in [5.74, 6) is 0.180. The lowest BCUT2D eigenvalue weighted by molar-refractivity contribution is -0.385. The van der Waals surface area contributed by atoms with E-state index in [-0.39, 0.29) is 17.0 Å². The predicted molar refractivity (Wildman–Crippen MR) is 71.9 cm³/mol. The Morgan fingerprint density at radius 1 is 1.56 bits per heavy atom. The second-order valence-corrected chi connectivity index (χ2v) is 5.87. The molecule has 0 aliphatic heterocycles. The lowest BCUT2D eigenvalue weighted by atomic mass is 9.82. The van der Waals surface area contributed by atoms with E-state index in [4.69, 9.17) is 0 Å². The van der Waals surface area contributed by atoms with Crippen LogP contribution >= 0.6 is 15.9 Å². The summed E-state index contributed by atoms with van der Waals surface area (Å²) >= 11 is 3.41. The maximum Gasteiger partial charge on any atom is 0.347 e. The van der Waals surface area contributed by atoms with Gasteiger partial charge in [0.15, 0.2) is 0 Å². The molecule has 0 bridgehead atoms. The first-order valence-corrected chi connectivity index (χ1v) is 6.64. The van der Waals surface area contributed by atoms with Crippen molar-refractivity contribution in [2.75, 3.05) is 5.33 Å². The van der Waals surface area contributed by atoms with Gasteiger partial charge in [-0.3, -0.25) is 14.7 Å². The molecule has 0 amide bonds. The second-order valence-electron chi connectivity index (χ2n) is 5.22. The summed E-state index contributed by atoms with van der Waals surface area (Å²) in [5.41, 5.74) is -0.638. The number of hydrogen-bond donors (Lipinski definition) is 0. The van der Waals surface area contributed by atoms with Gasteiger partial charge < -0.3 is 0 Å². The number of nitrogens with zero attached hydrogens (tertiary/aromatic N) is 3. The Hall–Kier alpha value is -1.24. The molecule has 7 heteroatoms. The zero-order valence-electron chi connectivity index (χ0n) is 10.6. The van der Waals surface area contributed by atoms with Crippen LogP contribution in [0.2, 0.25) is 0 Å². The Kier molecular flexibility index (Phi) is 4.61. The van der Waals surface area contributed by atoms with E-state index in [1.54, 1.807) is 0 Å². The highest BCUT2D eigenvalue weighted by Gasteiger charge is 2.24. The van der Waals surface area contributed by atoms with Crippen LogP contribution in [0.4, 0.5) is 5.69 Å². The van der Waals surface area contributed by atoms with Crippen molar-refractivity contribution >= 4 is 21.6 Å². The average molecular weight is 318 g/mol. The molecule has 0 aliphatic carbocycles. The molecule has 0 spiro atoms. The summed E-state index contributed by atoms with van der Waals surface area (Å²) in [4.78, 5) is 25.2. The molecule has 18 heavy (non-hydrogen) atoms. The number of alkyl halides is 1. The quantitative estimate of drug-likeness (QED) is 0.484. The molecule has 0 saturated carbocycles. The molecule has 0 fully saturated rings. The van der Waals surface area contributed by atoms with Crippen molar-refractivity contribution in [1.82, 2.24) is 9.55 Å². The minimum atomic E-state index is -0.552. The van der Waals surface area contributed by atoms with E-state index < -0.39 is 10.6 Å².